The zero-order chi connectivity index (χ0) is 15.1. The molecule has 0 spiro atoms. The van der Waals surface area contributed by atoms with Gasteiger partial charge in [-0.25, -0.2) is 0 Å². The molecule has 2 rings (SSSR count). The minimum absolute atomic E-state index is 0.156. The van der Waals surface area contributed by atoms with Crippen molar-refractivity contribution >= 4 is 29.4 Å². The van der Waals surface area contributed by atoms with E-state index < -0.39 is 0 Å². The third kappa shape index (κ3) is 4.68. The van der Waals surface area contributed by atoms with E-state index in [1.54, 1.807) is 24.9 Å². The third-order valence-corrected chi connectivity index (χ3v) is 3.58. The van der Waals surface area contributed by atoms with Gasteiger partial charge in [-0.05, 0) is 48.2 Å². The molecule has 1 N–H and O–H groups in total. The van der Waals surface area contributed by atoms with Crippen molar-refractivity contribution in [2.24, 2.45) is 0 Å². The van der Waals surface area contributed by atoms with Gasteiger partial charge in [0.1, 0.15) is 5.75 Å². The van der Waals surface area contributed by atoms with E-state index in [4.69, 9.17) is 4.74 Å². The average molecular weight is 299 g/mol. The number of nitrogens with one attached hydrogen (secondary N) is 1. The largest absolute Gasteiger partial charge is 0.497 e. The van der Waals surface area contributed by atoms with Crippen molar-refractivity contribution in [3.63, 3.8) is 0 Å². The molecule has 21 heavy (non-hydrogen) atoms. The van der Waals surface area contributed by atoms with E-state index in [9.17, 15) is 4.79 Å². The normalized spacial score (nSPS) is 10.6. The molecular formula is C17H17NO2S. The Labute approximate surface area is 129 Å². The SMILES string of the molecule is COc1cccc(/C=C/C(=O)Nc2cccc(SC)c2)c1. The minimum Gasteiger partial charge on any atom is -0.497 e. The lowest BCUT2D eigenvalue weighted by molar-refractivity contribution is -0.111. The second-order valence-corrected chi connectivity index (χ2v) is 5.21. The van der Waals surface area contributed by atoms with Gasteiger partial charge in [0.2, 0.25) is 5.91 Å². The molecule has 2 aromatic rings. The van der Waals surface area contributed by atoms with Crippen LogP contribution in [-0.2, 0) is 4.79 Å². The van der Waals surface area contributed by atoms with Crippen LogP contribution in [-0.4, -0.2) is 19.3 Å². The van der Waals surface area contributed by atoms with Gasteiger partial charge in [-0.1, -0.05) is 18.2 Å². The first kappa shape index (κ1) is 15.2. The Bertz CT molecular complexity index is 653. The molecular weight excluding hydrogens is 282 g/mol. The number of amides is 1. The number of rotatable bonds is 5. The molecule has 0 aromatic heterocycles. The summed E-state index contributed by atoms with van der Waals surface area (Å²) in [6.07, 6.45) is 5.28. The highest BCUT2D eigenvalue weighted by Crippen LogP contribution is 2.19. The molecule has 2 aromatic carbocycles. The summed E-state index contributed by atoms with van der Waals surface area (Å²) in [5.74, 6) is 0.612. The minimum atomic E-state index is -0.156. The molecule has 0 heterocycles. The van der Waals surface area contributed by atoms with E-state index in [0.29, 0.717) is 0 Å². The van der Waals surface area contributed by atoms with E-state index in [2.05, 4.69) is 5.32 Å². The molecule has 0 aliphatic carbocycles. The second-order valence-electron chi connectivity index (χ2n) is 4.33. The summed E-state index contributed by atoms with van der Waals surface area (Å²) in [6.45, 7) is 0. The smallest absolute Gasteiger partial charge is 0.248 e. The number of carbonyl (C=O) groups excluding carboxylic acids is 1. The molecule has 0 saturated carbocycles. The monoisotopic (exact) mass is 299 g/mol. The Morgan fingerprint density at radius 2 is 2.00 bits per heavy atom. The number of thioether (sulfide) groups is 1. The van der Waals surface area contributed by atoms with Gasteiger partial charge in [-0.15, -0.1) is 11.8 Å². The standard InChI is InChI=1S/C17H17NO2S/c1-20-15-7-3-5-13(11-15)9-10-17(19)18-14-6-4-8-16(12-14)21-2/h3-12H,1-2H3,(H,18,19)/b10-9+. The van der Waals surface area contributed by atoms with Gasteiger partial charge in [0, 0.05) is 16.7 Å². The molecule has 0 aliphatic heterocycles. The number of anilines is 1. The Kier molecular flexibility index (Phi) is 5.46. The topological polar surface area (TPSA) is 38.3 Å². The Balaban J connectivity index is 2.01. The van der Waals surface area contributed by atoms with Crippen LogP contribution in [0.5, 0.6) is 5.75 Å². The highest BCUT2D eigenvalue weighted by molar-refractivity contribution is 7.98. The zero-order valence-corrected chi connectivity index (χ0v) is 12.8. The fraction of sp³-hybridized carbons (Fsp3) is 0.118. The maximum atomic E-state index is 11.9. The Morgan fingerprint density at radius 1 is 1.19 bits per heavy atom. The van der Waals surface area contributed by atoms with Crippen LogP contribution in [0, 0.1) is 0 Å². The third-order valence-electron chi connectivity index (χ3n) is 2.86. The van der Waals surface area contributed by atoms with Crippen LogP contribution in [0.15, 0.2) is 59.5 Å². The zero-order valence-electron chi connectivity index (χ0n) is 12.0. The van der Waals surface area contributed by atoms with Crippen LogP contribution in [0.4, 0.5) is 5.69 Å². The van der Waals surface area contributed by atoms with Crippen molar-refractivity contribution in [3.05, 3.63) is 60.2 Å². The van der Waals surface area contributed by atoms with E-state index in [0.717, 1.165) is 21.9 Å². The van der Waals surface area contributed by atoms with Gasteiger partial charge >= 0.3 is 0 Å². The number of methoxy groups -OCH3 is 1. The molecule has 4 heteroatoms. The summed E-state index contributed by atoms with van der Waals surface area (Å²) in [5, 5.41) is 2.85. The first-order chi connectivity index (χ1) is 10.2. The van der Waals surface area contributed by atoms with Crippen molar-refractivity contribution in [1.82, 2.24) is 0 Å². The van der Waals surface area contributed by atoms with Gasteiger partial charge in [-0.2, -0.15) is 0 Å². The van der Waals surface area contributed by atoms with Crippen molar-refractivity contribution in [2.75, 3.05) is 18.7 Å². The molecule has 0 saturated heterocycles. The van der Waals surface area contributed by atoms with Crippen molar-refractivity contribution in [2.45, 2.75) is 4.90 Å². The quantitative estimate of drug-likeness (QED) is 0.668. The Hall–Kier alpha value is -2.20. The van der Waals surface area contributed by atoms with Gasteiger partial charge < -0.3 is 10.1 Å². The van der Waals surface area contributed by atoms with Gasteiger partial charge in [-0.3, -0.25) is 4.79 Å². The summed E-state index contributed by atoms with van der Waals surface area (Å²) in [5.41, 5.74) is 1.71. The van der Waals surface area contributed by atoms with Crippen LogP contribution in [0.3, 0.4) is 0 Å². The van der Waals surface area contributed by atoms with Crippen LogP contribution in [0.25, 0.3) is 6.08 Å². The molecule has 3 nitrogen and oxygen atoms in total. The first-order valence-corrected chi connectivity index (χ1v) is 7.71. The van der Waals surface area contributed by atoms with E-state index in [1.165, 1.54) is 6.08 Å². The summed E-state index contributed by atoms with van der Waals surface area (Å²) < 4.78 is 5.15. The molecule has 1 amide bonds. The highest BCUT2D eigenvalue weighted by atomic mass is 32.2. The summed E-state index contributed by atoms with van der Waals surface area (Å²) in [6, 6.07) is 15.3. The van der Waals surface area contributed by atoms with Crippen LogP contribution < -0.4 is 10.1 Å². The molecule has 0 unspecified atom stereocenters. The number of hydrogen-bond acceptors (Lipinski definition) is 3. The van der Waals surface area contributed by atoms with Crippen molar-refractivity contribution in [1.29, 1.82) is 0 Å². The molecule has 0 fully saturated rings. The van der Waals surface area contributed by atoms with E-state index in [1.807, 2.05) is 54.8 Å². The first-order valence-electron chi connectivity index (χ1n) is 6.48. The average Bonchev–Trinajstić information content (AvgIpc) is 2.53. The summed E-state index contributed by atoms with van der Waals surface area (Å²) in [7, 11) is 1.62. The lowest BCUT2D eigenvalue weighted by Crippen LogP contribution is -2.07. The molecule has 0 atom stereocenters. The van der Waals surface area contributed by atoms with Crippen molar-refractivity contribution in [3.8, 4) is 5.75 Å². The number of ether oxygens (including phenoxy) is 1. The predicted octanol–water partition coefficient (Wildman–Crippen LogP) is 4.07. The summed E-state index contributed by atoms with van der Waals surface area (Å²) >= 11 is 1.64. The van der Waals surface area contributed by atoms with Gasteiger partial charge in [0.15, 0.2) is 0 Å². The Morgan fingerprint density at radius 3 is 2.76 bits per heavy atom. The number of hydrogen-bond donors (Lipinski definition) is 1. The van der Waals surface area contributed by atoms with Crippen molar-refractivity contribution < 1.29 is 9.53 Å². The van der Waals surface area contributed by atoms with Crippen LogP contribution in [0.2, 0.25) is 0 Å². The fourth-order valence-electron chi connectivity index (χ4n) is 1.80. The predicted molar refractivity (Wildman–Crippen MR) is 88.9 cm³/mol. The van der Waals surface area contributed by atoms with Gasteiger partial charge in [0.05, 0.1) is 7.11 Å². The van der Waals surface area contributed by atoms with E-state index in [-0.39, 0.29) is 5.91 Å². The van der Waals surface area contributed by atoms with Crippen LogP contribution >= 0.6 is 11.8 Å². The fourth-order valence-corrected chi connectivity index (χ4v) is 2.26. The van der Waals surface area contributed by atoms with Crippen LogP contribution in [0.1, 0.15) is 5.56 Å². The highest BCUT2D eigenvalue weighted by Gasteiger charge is 1.99. The lowest BCUT2D eigenvalue weighted by Gasteiger charge is -2.04. The number of carbonyl (C=O) groups is 1. The second kappa shape index (κ2) is 7.55. The maximum Gasteiger partial charge on any atom is 0.248 e. The maximum absolute atomic E-state index is 11.9. The van der Waals surface area contributed by atoms with Gasteiger partial charge in [0.25, 0.3) is 0 Å². The molecule has 0 bridgehead atoms. The molecule has 0 aliphatic rings. The molecule has 0 radical (unpaired) electrons. The lowest BCUT2D eigenvalue weighted by atomic mass is 10.2. The number of benzene rings is 2. The molecule has 108 valence electrons. The van der Waals surface area contributed by atoms with E-state index >= 15 is 0 Å². The summed E-state index contributed by atoms with van der Waals surface area (Å²) in [4.78, 5) is 13.0.